The van der Waals surface area contributed by atoms with Gasteiger partial charge in [0.05, 0.1) is 29.2 Å². The minimum absolute atomic E-state index is 0.171. The van der Waals surface area contributed by atoms with Gasteiger partial charge in [0.1, 0.15) is 5.82 Å². The first-order chi connectivity index (χ1) is 18.0. The summed E-state index contributed by atoms with van der Waals surface area (Å²) < 4.78 is 6.89. The molecule has 1 atom stereocenters. The topological polar surface area (TPSA) is 64.4 Å². The second-order valence-electron chi connectivity index (χ2n) is 8.84. The number of rotatable bonds is 7. The van der Waals surface area contributed by atoms with E-state index in [1.54, 1.807) is 46.9 Å². The van der Waals surface area contributed by atoms with Gasteiger partial charge in [0, 0.05) is 24.2 Å². The normalized spacial score (nSPS) is 12.1. The van der Waals surface area contributed by atoms with E-state index in [2.05, 4.69) is 0 Å². The van der Waals surface area contributed by atoms with Crippen LogP contribution in [0, 0.1) is 0 Å². The number of hydrogen-bond donors (Lipinski definition) is 0. The predicted molar refractivity (Wildman–Crippen MR) is 148 cm³/mol. The lowest BCUT2D eigenvalue weighted by Gasteiger charge is -2.30. The molecule has 7 heteroatoms. The Morgan fingerprint density at radius 1 is 0.973 bits per heavy atom. The molecule has 5 aromatic rings. The highest BCUT2D eigenvalue weighted by Gasteiger charge is 2.27. The smallest absolute Gasteiger partial charge is 0.266 e. The number of carbonyl (C=O) groups excluding carboxylic acids is 1. The third-order valence-electron chi connectivity index (χ3n) is 6.50. The minimum Gasteiger partial charge on any atom is -0.383 e. The van der Waals surface area contributed by atoms with Crippen LogP contribution in [0.1, 0.15) is 29.1 Å². The van der Waals surface area contributed by atoms with E-state index in [4.69, 9.17) is 21.3 Å². The molecule has 0 aliphatic heterocycles. The lowest BCUT2D eigenvalue weighted by Crippen LogP contribution is -2.39. The van der Waals surface area contributed by atoms with Gasteiger partial charge >= 0.3 is 0 Å². The number of carbonyl (C=O) groups is 1. The molecule has 1 heterocycles. The van der Waals surface area contributed by atoms with Crippen LogP contribution in [0.3, 0.4) is 0 Å². The molecule has 4 aromatic carbocycles. The summed E-state index contributed by atoms with van der Waals surface area (Å²) in [7, 11) is 1.60. The first kappa shape index (κ1) is 24.7. The van der Waals surface area contributed by atoms with Crippen LogP contribution in [-0.4, -0.2) is 40.6 Å². The number of methoxy groups -OCH3 is 1. The molecule has 0 saturated heterocycles. The maximum absolute atomic E-state index is 13.9. The Bertz CT molecular complexity index is 1660. The largest absolute Gasteiger partial charge is 0.383 e. The van der Waals surface area contributed by atoms with Gasteiger partial charge in [-0.2, -0.15) is 0 Å². The summed E-state index contributed by atoms with van der Waals surface area (Å²) in [5.41, 5.74) is 1.48. The molecule has 0 saturated carbocycles. The van der Waals surface area contributed by atoms with E-state index in [-0.39, 0.29) is 11.5 Å². The molecule has 0 fully saturated rings. The SMILES string of the molecule is COCCN(C(=O)c1ccc2ccccc2c1)C(C)c1nc2ccccc2c(=O)n1-c1cccc(Cl)c1. The highest BCUT2D eigenvalue weighted by molar-refractivity contribution is 6.30. The van der Waals surface area contributed by atoms with E-state index in [1.165, 1.54) is 0 Å². The van der Waals surface area contributed by atoms with Crippen molar-refractivity contribution in [2.75, 3.05) is 20.3 Å². The molecule has 6 nitrogen and oxygen atoms in total. The van der Waals surface area contributed by atoms with E-state index in [9.17, 15) is 9.59 Å². The summed E-state index contributed by atoms with van der Waals surface area (Å²) in [6.07, 6.45) is 0. The van der Waals surface area contributed by atoms with Crippen molar-refractivity contribution in [3.63, 3.8) is 0 Å². The number of nitrogens with zero attached hydrogens (tertiary/aromatic N) is 3. The fourth-order valence-electron chi connectivity index (χ4n) is 4.58. The molecule has 0 spiro atoms. The van der Waals surface area contributed by atoms with Crippen LogP contribution in [-0.2, 0) is 4.74 Å². The van der Waals surface area contributed by atoms with Crippen LogP contribution in [0.5, 0.6) is 0 Å². The zero-order valence-electron chi connectivity index (χ0n) is 20.6. The molecule has 0 N–H and O–H groups in total. The number of aromatic nitrogens is 2. The highest BCUT2D eigenvalue weighted by atomic mass is 35.5. The Kier molecular flexibility index (Phi) is 7.04. The molecule has 1 unspecified atom stereocenters. The summed E-state index contributed by atoms with van der Waals surface area (Å²) >= 11 is 6.29. The minimum atomic E-state index is -0.551. The molecule has 0 radical (unpaired) electrons. The Morgan fingerprint density at radius 3 is 2.51 bits per heavy atom. The van der Waals surface area contributed by atoms with E-state index < -0.39 is 6.04 Å². The van der Waals surface area contributed by atoms with Gasteiger partial charge in [0.2, 0.25) is 0 Å². The number of benzene rings is 4. The van der Waals surface area contributed by atoms with Crippen molar-refractivity contribution in [3.8, 4) is 5.69 Å². The van der Waals surface area contributed by atoms with Gasteiger partial charge in [0.25, 0.3) is 11.5 Å². The summed E-state index contributed by atoms with van der Waals surface area (Å²) in [5, 5.41) is 3.02. The van der Waals surface area contributed by atoms with E-state index in [0.29, 0.717) is 46.2 Å². The monoisotopic (exact) mass is 511 g/mol. The van der Waals surface area contributed by atoms with E-state index in [0.717, 1.165) is 10.8 Å². The highest BCUT2D eigenvalue weighted by Crippen LogP contribution is 2.26. The zero-order valence-corrected chi connectivity index (χ0v) is 21.4. The second kappa shape index (κ2) is 10.5. The number of hydrogen-bond acceptors (Lipinski definition) is 4. The molecular formula is C30H26ClN3O3. The van der Waals surface area contributed by atoms with E-state index >= 15 is 0 Å². The fourth-order valence-corrected chi connectivity index (χ4v) is 4.77. The molecule has 0 aliphatic rings. The standard InChI is InChI=1S/C30H26ClN3O3/c1-20(33(16-17-37-2)29(35)23-15-14-21-8-3-4-9-22(21)18-23)28-32-27-13-6-5-12-26(27)30(36)34(28)25-11-7-10-24(31)19-25/h3-15,18-20H,16-17H2,1-2H3. The molecule has 1 aromatic heterocycles. The van der Waals surface area contributed by atoms with Crippen LogP contribution in [0.25, 0.3) is 27.4 Å². The average Bonchev–Trinajstić information content (AvgIpc) is 2.92. The maximum atomic E-state index is 13.9. The van der Waals surface area contributed by atoms with Crippen LogP contribution >= 0.6 is 11.6 Å². The number of amides is 1. The van der Waals surface area contributed by atoms with Crippen molar-refractivity contribution in [2.45, 2.75) is 13.0 Å². The quantitative estimate of drug-likeness (QED) is 0.267. The predicted octanol–water partition coefficient (Wildman–Crippen LogP) is 6.04. The van der Waals surface area contributed by atoms with Gasteiger partial charge in [0.15, 0.2) is 0 Å². The molecule has 1 amide bonds. The van der Waals surface area contributed by atoms with E-state index in [1.807, 2.05) is 67.6 Å². The zero-order chi connectivity index (χ0) is 25.9. The van der Waals surface area contributed by atoms with Gasteiger partial charge in [-0.25, -0.2) is 4.98 Å². The third-order valence-corrected chi connectivity index (χ3v) is 6.74. The van der Waals surface area contributed by atoms with Crippen molar-refractivity contribution in [1.29, 1.82) is 0 Å². The Morgan fingerprint density at radius 2 is 1.73 bits per heavy atom. The van der Waals surface area contributed by atoms with Gasteiger partial charge in [-0.1, -0.05) is 60.1 Å². The number of fused-ring (bicyclic) bond motifs is 2. The Balaban J connectivity index is 1.66. The molecular weight excluding hydrogens is 486 g/mol. The first-order valence-corrected chi connectivity index (χ1v) is 12.4. The molecule has 186 valence electrons. The van der Waals surface area contributed by atoms with Crippen LogP contribution < -0.4 is 5.56 Å². The third kappa shape index (κ3) is 4.86. The Labute approximate surface area is 219 Å². The van der Waals surface area contributed by atoms with Crippen molar-refractivity contribution < 1.29 is 9.53 Å². The fraction of sp³-hybridized carbons (Fsp3) is 0.167. The van der Waals surface area contributed by atoms with Gasteiger partial charge in [-0.05, 0) is 60.2 Å². The number of para-hydroxylation sites is 1. The lowest BCUT2D eigenvalue weighted by molar-refractivity contribution is 0.0605. The van der Waals surface area contributed by atoms with Crippen LogP contribution in [0.4, 0.5) is 0 Å². The molecule has 37 heavy (non-hydrogen) atoms. The van der Waals surface area contributed by atoms with Gasteiger partial charge < -0.3 is 9.64 Å². The number of halogens is 1. The van der Waals surface area contributed by atoms with Gasteiger partial charge in [-0.3, -0.25) is 14.2 Å². The molecule has 0 aliphatic carbocycles. The van der Waals surface area contributed by atoms with Crippen LogP contribution in [0.2, 0.25) is 5.02 Å². The first-order valence-electron chi connectivity index (χ1n) is 12.0. The summed E-state index contributed by atoms with van der Waals surface area (Å²) in [4.78, 5) is 34.2. The molecule has 0 bridgehead atoms. The van der Waals surface area contributed by atoms with Crippen molar-refractivity contribution in [2.24, 2.45) is 0 Å². The second-order valence-corrected chi connectivity index (χ2v) is 9.27. The summed E-state index contributed by atoms with van der Waals surface area (Å²) in [6, 6.07) is 27.3. The average molecular weight is 512 g/mol. The van der Waals surface area contributed by atoms with Gasteiger partial charge in [-0.15, -0.1) is 0 Å². The lowest BCUT2D eigenvalue weighted by atomic mass is 10.1. The Hall–Kier alpha value is -4.00. The van der Waals surface area contributed by atoms with Crippen LogP contribution in [0.15, 0.2) is 95.8 Å². The summed E-state index contributed by atoms with van der Waals surface area (Å²) in [6.45, 7) is 2.53. The number of ether oxygens (including phenoxy) is 1. The van der Waals surface area contributed by atoms with Crippen molar-refractivity contribution in [1.82, 2.24) is 14.5 Å². The van der Waals surface area contributed by atoms with Crippen molar-refractivity contribution >= 4 is 39.2 Å². The summed E-state index contributed by atoms with van der Waals surface area (Å²) in [5.74, 6) is 0.270. The maximum Gasteiger partial charge on any atom is 0.266 e. The molecule has 5 rings (SSSR count). The van der Waals surface area contributed by atoms with Crippen molar-refractivity contribution in [3.05, 3.63) is 118 Å².